The monoisotopic (exact) mass is 480 g/mol. The molecule has 4 rings (SSSR count). The summed E-state index contributed by atoms with van der Waals surface area (Å²) in [6.07, 6.45) is 6.16. The summed E-state index contributed by atoms with van der Waals surface area (Å²) < 4.78 is 29.0. The van der Waals surface area contributed by atoms with Gasteiger partial charge >= 0.3 is 0 Å². The minimum Gasteiger partial charge on any atom is -0.352 e. The Balaban J connectivity index is 1.20. The van der Waals surface area contributed by atoms with Gasteiger partial charge < -0.3 is 9.88 Å². The number of piperidine rings is 1. The van der Waals surface area contributed by atoms with Crippen molar-refractivity contribution in [3.8, 4) is 5.69 Å². The number of hydrogen-bond acceptors (Lipinski definition) is 4. The molecule has 0 bridgehead atoms. The molecule has 1 aliphatic heterocycles. The van der Waals surface area contributed by atoms with Crippen molar-refractivity contribution in [2.24, 2.45) is 5.92 Å². The van der Waals surface area contributed by atoms with Crippen molar-refractivity contribution in [1.82, 2.24) is 19.2 Å². The van der Waals surface area contributed by atoms with Crippen LogP contribution in [0.2, 0.25) is 0 Å². The summed E-state index contributed by atoms with van der Waals surface area (Å²) >= 11 is 0. The maximum Gasteiger partial charge on any atom is 0.223 e. The molecule has 1 saturated heterocycles. The van der Waals surface area contributed by atoms with Crippen molar-refractivity contribution in [3.63, 3.8) is 0 Å². The Kier molecular flexibility index (Phi) is 7.80. The SMILES string of the molecule is Cc1nccn1-c1ccc(CNC(=O)C2CCN(S(=O)(=O)CCCc3ccccc3)CC2)cc1. The number of carbonyl (C=O) groups excluding carboxylic acids is 1. The molecule has 0 radical (unpaired) electrons. The fourth-order valence-electron chi connectivity index (χ4n) is 4.39. The summed E-state index contributed by atoms with van der Waals surface area (Å²) in [5.41, 5.74) is 3.20. The third-order valence-electron chi connectivity index (χ3n) is 6.44. The highest BCUT2D eigenvalue weighted by atomic mass is 32.2. The van der Waals surface area contributed by atoms with E-state index in [4.69, 9.17) is 0 Å². The molecule has 1 N–H and O–H groups in total. The van der Waals surface area contributed by atoms with Gasteiger partial charge in [0.1, 0.15) is 5.82 Å². The zero-order valence-corrected chi connectivity index (χ0v) is 20.4. The van der Waals surface area contributed by atoms with Crippen molar-refractivity contribution in [3.05, 3.63) is 83.9 Å². The number of aryl methyl sites for hydroxylation is 2. The van der Waals surface area contributed by atoms with Crippen LogP contribution in [0, 0.1) is 12.8 Å². The largest absolute Gasteiger partial charge is 0.352 e. The predicted molar refractivity (Wildman–Crippen MR) is 133 cm³/mol. The van der Waals surface area contributed by atoms with Crippen LogP contribution in [0.4, 0.5) is 0 Å². The molecule has 34 heavy (non-hydrogen) atoms. The normalized spacial score (nSPS) is 15.3. The molecular formula is C26H32N4O3S. The number of imidazole rings is 1. The smallest absolute Gasteiger partial charge is 0.223 e. The lowest BCUT2D eigenvalue weighted by atomic mass is 9.97. The van der Waals surface area contributed by atoms with Gasteiger partial charge in [0.2, 0.25) is 15.9 Å². The van der Waals surface area contributed by atoms with Gasteiger partial charge in [-0.1, -0.05) is 42.5 Å². The standard InChI is InChI=1S/C26H32N4O3S/c1-21-27-15-18-30(21)25-11-9-23(10-12-25)20-28-26(31)24-13-16-29(17-14-24)34(32,33)19-5-8-22-6-3-2-4-7-22/h2-4,6-7,9-12,15,18,24H,5,8,13-14,16-17,19-20H2,1H3,(H,28,31). The summed E-state index contributed by atoms with van der Waals surface area (Å²) in [6, 6.07) is 18.0. The second-order valence-electron chi connectivity index (χ2n) is 8.81. The van der Waals surface area contributed by atoms with Crippen LogP contribution in [0.15, 0.2) is 67.0 Å². The minimum absolute atomic E-state index is 0.00402. The van der Waals surface area contributed by atoms with E-state index in [0.29, 0.717) is 38.9 Å². The quantitative estimate of drug-likeness (QED) is 0.508. The highest BCUT2D eigenvalue weighted by Crippen LogP contribution is 2.21. The van der Waals surface area contributed by atoms with E-state index in [1.54, 1.807) is 10.5 Å². The molecule has 1 aliphatic rings. The molecule has 2 heterocycles. The molecular weight excluding hydrogens is 448 g/mol. The predicted octanol–water partition coefficient (Wildman–Crippen LogP) is 3.47. The van der Waals surface area contributed by atoms with Crippen LogP contribution in [0.1, 0.15) is 36.2 Å². The van der Waals surface area contributed by atoms with E-state index in [1.165, 1.54) is 0 Å². The molecule has 3 aromatic rings. The Morgan fingerprint density at radius 2 is 1.74 bits per heavy atom. The molecule has 0 saturated carbocycles. The lowest BCUT2D eigenvalue weighted by Crippen LogP contribution is -2.43. The Labute approximate surface area is 201 Å². The van der Waals surface area contributed by atoms with E-state index < -0.39 is 10.0 Å². The molecule has 0 aliphatic carbocycles. The maximum absolute atomic E-state index is 12.7. The van der Waals surface area contributed by atoms with Gasteiger partial charge in [0.25, 0.3) is 0 Å². The number of rotatable bonds is 9. The average molecular weight is 481 g/mol. The third-order valence-corrected chi connectivity index (χ3v) is 8.39. The van der Waals surface area contributed by atoms with Crippen LogP contribution in [0.3, 0.4) is 0 Å². The second-order valence-corrected chi connectivity index (χ2v) is 10.9. The fourth-order valence-corrected chi connectivity index (χ4v) is 5.92. The van der Waals surface area contributed by atoms with Crippen LogP contribution in [-0.2, 0) is 27.8 Å². The fraction of sp³-hybridized carbons (Fsp3) is 0.385. The summed E-state index contributed by atoms with van der Waals surface area (Å²) in [5, 5.41) is 3.01. The van der Waals surface area contributed by atoms with Crippen molar-refractivity contribution >= 4 is 15.9 Å². The molecule has 2 aromatic carbocycles. The molecule has 0 atom stereocenters. The number of benzene rings is 2. The Morgan fingerprint density at radius 3 is 2.38 bits per heavy atom. The first kappa shape index (κ1) is 24.2. The van der Waals surface area contributed by atoms with Crippen molar-refractivity contribution in [1.29, 1.82) is 0 Å². The van der Waals surface area contributed by atoms with Gasteiger partial charge in [-0.3, -0.25) is 4.79 Å². The van der Waals surface area contributed by atoms with Crippen LogP contribution in [0.5, 0.6) is 0 Å². The lowest BCUT2D eigenvalue weighted by Gasteiger charge is -2.30. The van der Waals surface area contributed by atoms with Gasteiger partial charge in [0, 0.05) is 43.6 Å². The van der Waals surface area contributed by atoms with Crippen LogP contribution in [-0.4, -0.2) is 47.0 Å². The minimum atomic E-state index is -3.29. The van der Waals surface area contributed by atoms with Gasteiger partial charge in [-0.25, -0.2) is 17.7 Å². The van der Waals surface area contributed by atoms with Crippen molar-refractivity contribution < 1.29 is 13.2 Å². The van der Waals surface area contributed by atoms with E-state index in [0.717, 1.165) is 29.1 Å². The third kappa shape index (κ3) is 6.12. The molecule has 0 spiro atoms. The Hall–Kier alpha value is -2.97. The number of aromatic nitrogens is 2. The second kappa shape index (κ2) is 11.0. The molecule has 1 aromatic heterocycles. The van der Waals surface area contributed by atoms with E-state index >= 15 is 0 Å². The topological polar surface area (TPSA) is 84.3 Å². The molecule has 7 nitrogen and oxygen atoms in total. The number of hydrogen-bond donors (Lipinski definition) is 1. The van der Waals surface area contributed by atoms with Gasteiger partial charge in [0.15, 0.2) is 0 Å². The highest BCUT2D eigenvalue weighted by molar-refractivity contribution is 7.89. The zero-order chi connectivity index (χ0) is 24.0. The van der Waals surface area contributed by atoms with Gasteiger partial charge in [-0.05, 0) is 55.9 Å². The first-order valence-electron chi connectivity index (χ1n) is 11.8. The van der Waals surface area contributed by atoms with Crippen LogP contribution in [0.25, 0.3) is 5.69 Å². The number of carbonyl (C=O) groups is 1. The molecule has 1 amide bonds. The van der Waals surface area contributed by atoms with E-state index in [-0.39, 0.29) is 17.6 Å². The van der Waals surface area contributed by atoms with Crippen molar-refractivity contribution in [2.45, 2.75) is 39.2 Å². The molecule has 8 heteroatoms. The summed E-state index contributed by atoms with van der Waals surface area (Å²) in [7, 11) is -3.29. The lowest BCUT2D eigenvalue weighted by molar-refractivity contribution is -0.126. The van der Waals surface area contributed by atoms with E-state index in [2.05, 4.69) is 10.3 Å². The molecule has 0 unspecified atom stereocenters. The summed E-state index contributed by atoms with van der Waals surface area (Å²) in [4.78, 5) is 16.9. The van der Waals surface area contributed by atoms with Gasteiger partial charge in [0.05, 0.1) is 5.75 Å². The molecule has 1 fully saturated rings. The number of sulfonamides is 1. The van der Waals surface area contributed by atoms with Crippen LogP contribution >= 0.6 is 0 Å². The number of nitrogens with zero attached hydrogens (tertiary/aromatic N) is 3. The number of amides is 1. The Bertz CT molecular complexity index is 1180. The van der Waals surface area contributed by atoms with E-state index in [1.807, 2.05) is 72.3 Å². The summed E-state index contributed by atoms with van der Waals surface area (Å²) in [6.45, 7) is 3.23. The first-order valence-corrected chi connectivity index (χ1v) is 13.4. The average Bonchev–Trinajstić information content (AvgIpc) is 3.29. The number of nitrogens with one attached hydrogen (secondary N) is 1. The van der Waals surface area contributed by atoms with Gasteiger partial charge in [-0.2, -0.15) is 0 Å². The molecule has 180 valence electrons. The van der Waals surface area contributed by atoms with Crippen molar-refractivity contribution in [2.75, 3.05) is 18.8 Å². The highest BCUT2D eigenvalue weighted by Gasteiger charge is 2.30. The van der Waals surface area contributed by atoms with E-state index in [9.17, 15) is 13.2 Å². The Morgan fingerprint density at radius 1 is 1.03 bits per heavy atom. The first-order chi connectivity index (χ1) is 16.4. The van der Waals surface area contributed by atoms with Crippen LogP contribution < -0.4 is 5.32 Å². The zero-order valence-electron chi connectivity index (χ0n) is 19.6. The van der Waals surface area contributed by atoms with Gasteiger partial charge in [-0.15, -0.1) is 0 Å². The maximum atomic E-state index is 12.7. The summed E-state index contributed by atoms with van der Waals surface area (Å²) in [5.74, 6) is 0.915.